The van der Waals surface area contributed by atoms with Gasteiger partial charge in [-0.2, -0.15) is 52.7 Å². The monoisotopic (exact) mass is 506 g/mol. The number of halogens is 15. The first-order valence-corrected chi connectivity index (χ1v) is 6.89. The molecule has 0 aliphatic heterocycles. The van der Waals surface area contributed by atoms with Gasteiger partial charge in [-0.1, -0.05) is 22.6 Å². The summed E-state index contributed by atoms with van der Waals surface area (Å²) in [5.41, 5.74) is 0. The molecule has 0 aliphatic rings. The molecule has 0 heterocycles. The minimum absolute atomic E-state index is 0.926. The Labute approximate surface area is 137 Å². The Bertz CT molecular complexity index is 442. The molecule has 0 aromatic carbocycles. The predicted octanol–water partition coefficient (Wildman–Crippen LogP) is 5.89. The lowest BCUT2D eigenvalue weighted by Gasteiger charge is -2.41. The molecule has 0 radical (unpaired) electrons. The Hall–Kier alpha value is -0.250. The van der Waals surface area contributed by atoms with Crippen molar-refractivity contribution in [3.8, 4) is 0 Å². The summed E-state index contributed by atoms with van der Waals surface area (Å²) >= 11 is 0.926. The van der Waals surface area contributed by atoms with Crippen LogP contribution in [0.5, 0.6) is 0 Å². The van der Waals surface area contributed by atoms with Crippen molar-refractivity contribution in [3.63, 3.8) is 0 Å². The van der Waals surface area contributed by atoms with E-state index in [9.17, 15) is 61.5 Å². The molecule has 0 aliphatic carbocycles. The van der Waals surface area contributed by atoms with E-state index in [2.05, 4.69) is 0 Å². The first-order valence-electron chi connectivity index (χ1n) is 5.36. The second-order valence-corrected chi connectivity index (χ2v) is 5.44. The fourth-order valence-electron chi connectivity index (χ4n) is 1.25. The average Bonchev–Trinajstić information content (AvgIpc) is 2.37. The van der Waals surface area contributed by atoms with Gasteiger partial charge in [0.25, 0.3) is 0 Å². The topological polar surface area (TPSA) is 0 Å². The Morgan fingerprint density at radius 3 is 1.21 bits per heavy atom. The van der Waals surface area contributed by atoms with Crippen molar-refractivity contribution in [2.45, 2.75) is 48.4 Å². The SMILES string of the molecule is FC(F)C(F)(F)C(F)(F)C(F)(F)C(F)(F)C(F)(F)C(F)(F)CCI. The lowest BCUT2D eigenvalue weighted by atomic mass is 9.90. The molecule has 146 valence electrons. The summed E-state index contributed by atoms with van der Waals surface area (Å²) in [6, 6.07) is 0. The highest BCUT2D eigenvalue weighted by atomic mass is 127. The second kappa shape index (κ2) is 6.48. The molecular formula is C9H5F14I. The smallest absolute Gasteiger partial charge is 0.203 e. The summed E-state index contributed by atoms with van der Waals surface area (Å²) in [4.78, 5) is 0. The van der Waals surface area contributed by atoms with Crippen LogP contribution in [0.2, 0.25) is 0 Å². The molecule has 15 heteroatoms. The van der Waals surface area contributed by atoms with E-state index in [-0.39, 0.29) is 0 Å². The van der Waals surface area contributed by atoms with Crippen LogP contribution in [0.25, 0.3) is 0 Å². The van der Waals surface area contributed by atoms with Crippen molar-refractivity contribution in [1.82, 2.24) is 0 Å². The maximum absolute atomic E-state index is 13.0. The van der Waals surface area contributed by atoms with Crippen LogP contribution in [0.15, 0.2) is 0 Å². The van der Waals surface area contributed by atoms with Crippen molar-refractivity contribution >= 4 is 22.6 Å². The molecule has 0 aromatic heterocycles. The quantitative estimate of drug-likeness (QED) is 0.219. The number of alkyl halides is 15. The van der Waals surface area contributed by atoms with Gasteiger partial charge in [0.1, 0.15) is 0 Å². The largest absolute Gasteiger partial charge is 0.384 e. The van der Waals surface area contributed by atoms with Gasteiger partial charge in [-0.15, -0.1) is 0 Å². The Balaban J connectivity index is 6.27. The maximum atomic E-state index is 13.0. The zero-order chi connectivity index (χ0) is 20.0. The molecule has 0 saturated heterocycles. The number of hydrogen-bond donors (Lipinski definition) is 0. The van der Waals surface area contributed by atoms with E-state index in [0.29, 0.717) is 0 Å². The van der Waals surface area contributed by atoms with Crippen molar-refractivity contribution in [1.29, 1.82) is 0 Å². The highest BCUT2D eigenvalue weighted by Gasteiger charge is 2.90. The maximum Gasteiger partial charge on any atom is 0.384 e. The summed E-state index contributed by atoms with van der Waals surface area (Å²) in [6.07, 6.45) is -7.87. The van der Waals surface area contributed by atoms with Gasteiger partial charge in [-0.3, -0.25) is 0 Å². The molecule has 0 bridgehead atoms. The van der Waals surface area contributed by atoms with Crippen LogP contribution in [0, 0.1) is 0 Å². The minimum atomic E-state index is -7.93. The van der Waals surface area contributed by atoms with Crippen LogP contribution in [-0.4, -0.2) is 46.4 Å². The molecule has 24 heavy (non-hydrogen) atoms. The second-order valence-electron chi connectivity index (χ2n) is 4.36. The van der Waals surface area contributed by atoms with Gasteiger partial charge in [-0.25, -0.2) is 8.78 Å². The zero-order valence-corrected chi connectivity index (χ0v) is 12.8. The summed E-state index contributed by atoms with van der Waals surface area (Å²) in [6.45, 7) is 0. The van der Waals surface area contributed by atoms with E-state index in [1.807, 2.05) is 0 Å². The highest BCUT2D eigenvalue weighted by molar-refractivity contribution is 14.1. The molecule has 0 atom stereocenters. The van der Waals surface area contributed by atoms with E-state index in [0.717, 1.165) is 22.6 Å². The minimum Gasteiger partial charge on any atom is -0.203 e. The highest BCUT2D eigenvalue weighted by Crippen LogP contribution is 2.61. The third-order valence-electron chi connectivity index (χ3n) is 2.74. The van der Waals surface area contributed by atoms with Gasteiger partial charge in [0, 0.05) is 10.8 Å². The van der Waals surface area contributed by atoms with E-state index >= 15 is 0 Å². The number of rotatable bonds is 8. The van der Waals surface area contributed by atoms with Crippen LogP contribution >= 0.6 is 22.6 Å². The van der Waals surface area contributed by atoms with E-state index < -0.39 is 52.8 Å². The molecule has 0 rings (SSSR count). The molecule has 0 aromatic rings. The van der Waals surface area contributed by atoms with Crippen LogP contribution < -0.4 is 0 Å². The van der Waals surface area contributed by atoms with Gasteiger partial charge in [0.2, 0.25) is 0 Å². The Kier molecular flexibility index (Phi) is 6.41. The molecule has 0 amide bonds. The van der Waals surface area contributed by atoms with Crippen LogP contribution in [0.3, 0.4) is 0 Å². The molecule has 0 saturated carbocycles. The zero-order valence-electron chi connectivity index (χ0n) is 10.7. The molecular weight excluding hydrogens is 501 g/mol. The summed E-state index contributed by atoms with van der Waals surface area (Å²) in [5.74, 6) is -43.9. The lowest BCUT2D eigenvalue weighted by Crippen LogP contribution is -2.71. The van der Waals surface area contributed by atoms with Crippen molar-refractivity contribution in [3.05, 3.63) is 0 Å². The summed E-state index contributed by atoms with van der Waals surface area (Å²) in [5, 5.41) is 0. The lowest BCUT2D eigenvalue weighted by molar-refractivity contribution is -0.432. The van der Waals surface area contributed by atoms with Gasteiger partial charge in [0.05, 0.1) is 0 Å². The molecule has 0 spiro atoms. The van der Waals surface area contributed by atoms with Crippen LogP contribution in [-0.2, 0) is 0 Å². The first-order chi connectivity index (χ1) is 10.3. The molecule has 0 unspecified atom stereocenters. The normalized spacial score (nSPS) is 16.0. The van der Waals surface area contributed by atoms with Gasteiger partial charge in [-0.05, 0) is 0 Å². The Morgan fingerprint density at radius 2 is 0.917 bits per heavy atom. The van der Waals surface area contributed by atoms with Crippen LogP contribution in [0.4, 0.5) is 61.5 Å². The molecule has 0 nitrogen and oxygen atoms in total. The predicted molar refractivity (Wildman–Crippen MR) is 59.2 cm³/mol. The standard InChI is InChI=1S/C9H5F14I/c10-3(11)5(14,15)7(18,19)9(22,23)8(20,21)6(16,17)4(12,13)1-2-24/h3H,1-2H2. The van der Waals surface area contributed by atoms with Gasteiger partial charge < -0.3 is 0 Å². The van der Waals surface area contributed by atoms with Crippen molar-refractivity contribution in [2.24, 2.45) is 0 Å². The van der Waals surface area contributed by atoms with E-state index in [1.165, 1.54) is 0 Å². The third-order valence-corrected chi connectivity index (χ3v) is 3.28. The average molecular weight is 506 g/mol. The van der Waals surface area contributed by atoms with E-state index in [1.54, 1.807) is 0 Å². The van der Waals surface area contributed by atoms with Crippen molar-refractivity contribution < 1.29 is 61.5 Å². The van der Waals surface area contributed by atoms with Gasteiger partial charge >= 0.3 is 42.0 Å². The number of hydrogen-bond acceptors (Lipinski definition) is 0. The summed E-state index contributed by atoms with van der Waals surface area (Å²) < 4.78 is 177. The van der Waals surface area contributed by atoms with Crippen LogP contribution in [0.1, 0.15) is 6.42 Å². The third kappa shape index (κ3) is 3.12. The molecule has 0 N–H and O–H groups in total. The first kappa shape index (κ1) is 23.8. The van der Waals surface area contributed by atoms with Crippen molar-refractivity contribution in [2.75, 3.05) is 4.43 Å². The molecule has 0 fully saturated rings. The van der Waals surface area contributed by atoms with Gasteiger partial charge in [0.15, 0.2) is 0 Å². The fourth-order valence-corrected chi connectivity index (χ4v) is 1.92. The summed E-state index contributed by atoms with van der Waals surface area (Å²) in [7, 11) is 0. The Morgan fingerprint density at radius 1 is 0.583 bits per heavy atom. The fraction of sp³-hybridized carbons (Fsp3) is 1.00. The van der Waals surface area contributed by atoms with E-state index in [4.69, 9.17) is 0 Å².